The van der Waals surface area contributed by atoms with E-state index in [1.165, 1.54) is 0 Å². The number of methoxy groups -OCH3 is 1. The second-order valence-electron chi connectivity index (χ2n) is 4.08. The highest BCUT2D eigenvalue weighted by Gasteiger charge is 2.12. The van der Waals surface area contributed by atoms with Gasteiger partial charge in [0, 0.05) is 0 Å². The molecule has 0 bridgehead atoms. The molecule has 0 saturated heterocycles. The Labute approximate surface area is 128 Å². The summed E-state index contributed by atoms with van der Waals surface area (Å²) >= 11 is 3.22. The van der Waals surface area contributed by atoms with Crippen molar-refractivity contribution in [3.63, 3.8) is 0 Å². The van der Waals surface area contributed by atoms with Crippen LogP contribution in [0.4, 0.5) is 0 Å². The minimum Gasteiger partial charge on any atom is -0.497 e. The van der Waals surface area contributed by atoms with Crippen molar-refractivity contribution in [2.45, 2.75) is 6.61 Å². The number of furan rings is 1. The molecule has 0 fully saturated rings. The van der Waals surface area contributed by atoms with Gasteiger partial charge >= 0.3 is 0 Å². The van der Waals surface area contributed by atoms with Crippen molar-refractivity contribution < 1.29 is 18.4 Å². The Morgan fingerprint density at radius 3 is 2.52 bits per heavy atom. The minimum absolute atomic E-state index is 0.182. The maximum absolute atomic E-state index is 5.55. The van der Waals surface area contributed by atoms with Crippen molar-refractivity contribution in [1.82, 2.24) is 10.1 Å². The van der Waals surface area contributed by atoms with Crippen LogP contribution in [0.15, 0.2) is 50.0 Å². The maximum atomic E-state index is 5.55. The fourth-order valence-electron chi connectivity index (χ4n) is 1.67. The highest BCUT2D eigenvalue weighted by Crippen LogP contribution is 2.23. The number of hydrogen-bond donors (Lipinski definition) is 0. The van der Waals surface area contributed by atoms with Crippen LogP contribution in [0.25, 0.3) is 11.6 Å². The Balaban J connectivity index is 1.64. The van der Waals surface area contributed by atoms with Gasteiger partial charge in [-0.15, -0.1) is 0 Å². The maximum Gasteiger partial charge on any atom is 0.264 e. The van der Waals surface area contributed by atoms with Crippen LogP contribution in [-0.2, 0) is 6.61 Å². The first-order chi connectivity index (χ1) is 10.2. The van der Waals surface area contributed by atoms with Crippen LogP contribution < -0.4 is 9.47 Å². The normalized spacial score (nSPS) is 10.6. The summed E-state index contributed by atoms with van der Waals surface area (Å²) < 4.78 is 21.7. The molecule has 0 saturated carbocycles. The van der Waals surface area contributed by atoms with Gasteiger partial charge in [-0.05, 0) is 52.3 Å². The van der Waals surface area contributed by atoms with Gasteiger partial charge in [-0.2, -0.15) is 4.98 Å². The third kappa shape index (κ3) is 3.25. The average molecular weight is 351 g/mol. The topological polar surface area (TPSA) is 70.5 Å². The van der Waals surface area contributed by atoms with Crippen molar-refractivity contribution in [2.75, 3.05) is 7.11 Å². The molecule has 3 rings (SSSR count). The minimum atomic E-state index is 0.182. The number of benzene rings is 1. The molecule has 1 aromatic carbocycles. The van der Waals surface area contributed by atoms with E-state index in [0.29, 0.717) is 27.9 Å². The molecule has 0 radical (unpaired) electrons. The summed E-state index contributed by atoms with van der Waals surface area (Å²) in [6.07, 6.45) is 0. The molecule has 3 aromatic rings. The van der Waals surface area contributed by atoms with E-state index in [0.717, 1.165) is 5.75 Å². The molecule has 0 unspecified atom stereocenters. The zero-order valence-corrected chi connectivity index (χ0v) is 12.7. The molecular formula is C14H11BrN2O4. The Bertz CT molecular complexity index is 721. The molecule has 0 aliphatic carbocycles. The number of ether oxygens (including phenoxy) is 2. The van der Waals surface area contributed by atoms with E-state index < -0.39 is 0 Å². The second kappa shape index (κ2) is 6.01. The summed E-state index contributed by atoms with van der Waals surface area (Å²) in [5, 5.41) is 3.84. The van der Waals surface area contributed by atoms with Crippen LogP contribution in [0.3, 0.4) is 0 Å². The number of nitrogens with zero attached hydrogens (tertiary/aromatic N) is 2. The monoisotopic (exact) mass is 350 g/mol. The van der Waals surface area contributed by atoms with Crippen molar-refractivity contribution in [2.24, 2.45) is 0 Å². The van der Waals surface area contributed by atoms with Gasteiger partial charge in [0.05, 0.1) is 7.11 Å². The first-order valence-corrected chi connectivity index (χ1v) is 6.89. The van der Waals surface area contributed by atoms with Gasteiger partial charge in [0.2, 0.25) is 5.82 Å². The van der Waals surface area contributed by atoms with E-state index in [1.54, 1.807) is 31.4 Å². The largest absolute Gasteiger partial charge is 0.497 e. The van der Waals surface area contributed by atoms with E-state index in [9.17, 15) is 0 Å². The van der Waals surface area contributed by atoms with E-state index in [1.807, 2.05) is 12.1 Å². The summed E-state index contributed by atoms with van der Waals surface area (Å²) in [5.41, 5.74) is 0. The zero-order valence-electron chi connectivity index (χ0n) is 11.1. The number of rotatable bonds is 5. The quantitative estimate of drug-likeness (QED) is 0.698. The summed E-state index contributed by atoms with van der Waals surface area (Å²) in [6, 6.07) is 10.8. The first kappa shape index (κ1) is 13.7. The molecule has 2 heterocycles. The lowest BCUT2D eigenvalue weighted by atomic mass is 10.3. The Morgan fingerprint density at radius 1 is 1.10 bits per heavy atom. The molecule has 0 aliphatic rings. The fourth-order valence-corrected chi connectivity index (χ4v) is 1.97. The molecule has 0 N–H and O–H groups in total. The third-order valence-corrected chi connectivity index (χ3v) is 3.11. The molecule has 0 spiro atoms. The van der Waals surface area contributed by atoms with Crippen molar-refractivity contribution >= 4 is 15.9 Å². The van der Waals surface area contributed by atoms with Gasteiger partial charge in [-0.25, -0.2) is 0 Å². The summed E-state index contributed by atoms with van der Waals surface area (Å²) in [4.78, 5) is 4.20. The third-order valence-electron chi connectivity index (χ3n) is 2.68. The molecule has 0 atom stereocenters. The summed E-state index contributed by atoms with van der Waals surface area (Å²) in [6.45, 7) is 0.182. The van der Waals surface area contributed by atoms with Crippen molar-refractivity contribution in [3.05, 3.63) is 47.0 Å². The Morgan fingerprint density at radius 2 is 1.86 bits per heavy atom. The molecular weight excluding hydrogens is 340 g/mol. The van der Waals surface area contributed by atoms with Crippen LogP contribution in [0, 0.1) is 0 Å². The molecule has 108 valence electrons. The highest BCUT2D eigenvalue weighted by molar-refractivity contribution is 9.10. The van der Waals surface area contributed by atoms with Crippen LogP contribution in [-0.4, -0.2) is 17.3 Å². The summed E-state index contributed by atoms with van der Waals surface area (Å²) in [5.74, 6) is 2.74. The molecule has 0 aliphatic heterocycles. The number of hydrogen-bond acceptors (Lipinski definition) is 6. The standard InChI is InChI=1S/C14H11BrN2O4/c1-18-9-2-4-10(5-3-9)19-8-13-16-14(17-21-13)11-6-7-12(15)20-11/h2-7H,8H2,1H3. The fraction of sp³-hybridized carbons (Fsp3) is 0.143. The predicted octanol–water partition coefficient (Wildman–Crippen LogP) is 3.68. The zero-order chi connectivity index (χ0) is 14.7. The lowest BCUT2D eigenvalue weighted by molar-refractivity contribution is 0.242. The molecule has 7 heteroatoms. The Hall–Kier alpha value is -2.28. The van der Waals surface area contributed by atoms with E-state index in [2.05, 4.69) is 26.1 Å². The van der Waals surface area contributed by atoms with Crippen molar-refractivity contribution in [3.8, 4) is 23.1 Å². The Kier molecular flexibility index (Phi) is 3.92. The van der Waals surface area contributed by atoms with Gasteiger partial charge < -0.3 is 18.4 Å². The highest BCUT2D eigenvalue weighted by atomic mass is 79.9. The molecule has 0 amide bonds. The van der Waals surface area contributed by atoms with Crippen LogP contribution in [0.2, 0.25) is 0 Å². The van der Waals surface area contributed by atoms with E-state index in [4.69, 9.17) is 18.4 Å². The number of aromatic nitrogens is 2. The van der Waals surface area contributed by atoms with Crippen molar-refractivity contribution in [1.29, 1.82) is 0 Å². The van der Waals surface area contributed by atoms with Gasteiger partial charge in [0.1, 0.15) is 11.5 Å². The second-order valence-corrected chi connectivity index (χ2v) is 4.86. The molecule has 21 heavy (non-hydrogen) atoms. The van der Waals surface area contributed by atoms with Crippen LogP contribution >= 0.6 is 15.9 Å². The number of halogens is 1. The molecule has 2 aromatic heterocycles. The van der Waals surface area contributed by atoms with Gasteiger partial charge in [0.25, 0.3) is 5.89 Å². The SMILES string of the molecule is COc1ccc(OCc2nc(-c3ccc(Br)o3)no2)cc1. The average Bonchev–Trinajstić information content (AvgIpc) is 3.14. The van der Waals surface area contributed by atoms with Crippen LogP contribution in [0.1, 0.15) is 5.89 Å². The molecule has 6 nitrogen and oxygen atoms in total. The van der Waals surface area contributed by atoms with E-state index in [-0.39, 0.29) is 6.61 Å². The van der Waals surface area contributed by atoms with E-state index >= 15 is 0 Å². The first-order valence-electron chi connectivity index (χ1n) is 6.10. The van der Waals surface area contributed by atoms with Gasteiger partial charge in [-0.1, -0.05) is 5.16 Å². The lowest BCUT2D eigenvalue weighted by Gasteiger charge is -2.04. The lowest BCUT2D eigenvalue weighted by Crippen LogP contribution is -1.95. The van der Waals surface area contributed by atoms with Gasteiger partial charge in [-0.3, -0.25) is 0 Å². The predicted molar refractivity (Wildman–Crippen MR) is 77.0 cm³/mol. The smallest absolute Gasteiger partial charge is 0.264 e. The summed E-state index contributed by atoms with van der Waals surface area (Å²) in [7, 11) is 1.61. The van der Waals surface area contributed by atoms with Gasteiger partial charge in [0.15, 0.2) is 17.0 Å². The van der Waals surface area contributed by atoms with Crippen LogP contribution in [0.5, 0.6) is 11.5 Å².